The predicted molar refractivity (Wildman–Crippen MR) is 82.1 cm³/mol. The first kappa shape index (κ1) is 14.9. The second-order valence-electron chi connectivity index (χ2n) is 4.07. The molecule has 2 rings (SSSR count). The first-order valence-corrected chi connectivity index (χ1v) is 6.83. The van der Waals surface area contributed by atoms with E-state index in [4.69, 9.17) is 57.9 Å². The maximum atomic E-state index is 6.19. The Morgan fingerprint density at radius 2 is 1.05 bits per heavy atom. The lowest BCUT2D eigenvalue weighted by Gasteiger charge is -2.28. The predicted octanol–water partition coefficient (Wildman–Crippen LogP) is 4.42. The number of hydrogen-bond acceptors (Lipinski definition) is 2. The molecule has 0 aliphatic rings. The van der Waals surface area contributed by atoms with Crippen LogP contribution in [-0.4, -0.2) is 0 Å². The van der Waals surface area contributed by atoms with Crippen LogP contribution in [0, 0.1) is 0 Å². The maximum Gasteiger partial charge on any atom is 0.119 e. The molecule has 0 radical (unpaired) electrons. The first-order chi connectivity index (χ1) is 8.85. The molecule has 0 unspecified atom stereocenters. The number of benzene rings is 2. The molecule has 2 nitrogen and oxygen atoms in total. The van der Waals surface area contributed by atoms with Gasteiger partial charge in [-0.2, -0.15) is 0 Å². The summed E-state index contributed by atoms with van der Waals surface area (Å²) in [4.78, 5) is 0. The Bertz CT molecular complexity index is 573. The molecule has 100 valence electrons. The summed E-state index contributed by atoms with van der Waals surface area (Å²) in [6, 6.07) is 10.1. The van der Waals surface area contributed by atoms with Crippen molar-refractivity contribution in [1.29, 1.82) is 0 Å². The summed E-state index contributed by atoms with van der Waals surface area (Å²) in [6.45, 7) is 0. The molecule has 0 heterocycles. The first-order valence-electron chi connectivity index (χ1n) is 5.32. The Balaban J connectivity index is 2.65. The molecule has 0 atom stereocenters. The third kappa shape index (κ3) is 2.70. The van der Waals surface area contributed by atoms with Gasteiger partial charge in [0.05, 0.1) is 20.1 Å². The van der Waals surface area contributed by atoms with E-state index in [1.165, 1.54) is 0 Å². The van der Waals surface area contributed by atoms with Gasteiger partial charge >= 0.3 is 0 Å². The molecule has 2 aromatic rings. The van der Waals surface area contributed by atoms with Crippen LogP contribution in [0.1, 0.15) is 11.1 Å². The normalized spacial score (nSPS) is 11.7. The molecule has 0 spiro atoms. The molecule has 6 heteroatoms. The Kier molecular flexibility index (Phi) is 4.31. The number of halogens is 4. The van der Waals surface area contributed by atoms with E-state index in [1.54, 1.807) is 36.4 Å². The van der Waals surface area contributed by atoms with Crippen molar-refractivity contribution in [2.75, 3.05) is 0 Å². The van der Waals surface area contributed by atoms with Gasteiger partial charge in [0, 0.05) is 11.1 Å². The van der Waals surface area contributed by atoms with Crippen molar-refractivity contribution in [2.24, 2.45) is 11.5 Å². The van der Waals surface area contributed by atoms with Crippen LogP contribution in [0.5, 0.6) is 0 Å². The summed E-state index contributed by atoms with van der Waals surface area (Å²) >= 11 is 24.3. The fourth-order valence-electron chi connectivity index (χ4n) is 1.79. The summed E-state index contributed by atoms with van der Waals surface area (Å²) in [6.07, 6.45) is 0. The van der Waals surface area contributed by atoms with E-state index in [0.29, 0.717) is 31.2 Å². The number of hydrogen-bond donors (Lipinski definition) is 2. The highest BCUT2D eigenvalue weighted by Crippen LogP contribution is 2.37. The minimum Gasteiger partial charge on any atom is -0.306 e. The van der Waals surface area contributed by atoms with Gasteiger partial charge in [0.25, 0.3) is 0 Å². The molecule has 0 aliphatic carbocycles. The Morgan fingerprint density at radius 1 is 0.684 bits per heavy atom. The quantitative estimate of drug-likeness (QED) is 0.798. The molecular formula is C13H10Cl4N2. The van der Waals surface area contributed by atoms with Crippen molar-refractivity contribution in [3.63, 3.8) is 0 Å². The van der Waals surface area contributed by atoms with Crippen LogP contribution in [0.15, 0.2) is 36.4 Å². The molecule has 4 N–H and O–H groups in total. The highest BCUT2D eigenvalue weighted by atomic mass is 35.5. The smallest absolute Gasteiger partial charge is 0.119 e. The van der Waals surface area contributed by atoms with Crippen LogP contribution >= 0.6 is 46.4 Å². The zero-order valence-corrected chi connectivity index (χ0v) is 12.7. The van der Waals surface area contributed by atoms with E-state index in [1.807, 2.05) is 0 Å². The Hall–Kier alpha value is -0.480. The summed E-state index contributed by atoms with van der Waals surface area (Å²) < 4.78 is 0. The van der Waals surface area contributed by atoms with Gasteiger partial charge in [-0.05, 0) is 12.1 Å². The summed E-state index contributed by atoms with van der Waals surface area (Å²) in [5.41, 5.74) is 12.0. The Labute approximate surface area is 131 Å². The fourth-order valence-corrected chi connectivity index (χ4v) is 2.71. The van der Waals surface area contributed by atoms with Crippen molar-refractivity contribution < 1.29 is 0 Å². The minimum absolute atomic E-state index is 0.296. The van der Waals surface area contributed by atoms with Crippen LogP contribution in [-0.2, 0) is 5.66 Å². The van der Waals surface area contributed by atoms with Gasteiger partial charge in [0.2, 0.25) is 0 Å². The average Bonchev–Trinajstić information content (AvgIpc) is 2.35. The van der Waals surface area contributed by atoms with Crippen LogP contribution in [0.2, 0.25) is 20.1 Å². The van der Waals surface area contributed by atoms with E-state index in [9.17, 15) is 0 Å². The molecule has 0 fully saturated rings. The van der Waals surface area contributed by atoms with Gasteiger partial charge in [0.1, 0.15) is 5.66 Å². The van der Waals surface area contributed by atoms with Crippen LogP contribution in [0.3, 0.4) is 0 Å². The van der Waals surface area contributed by atoms with Crippen molar-refractivity contribution in [2.45, 2.75) is 5.66 Å². The van der Waals surface area contributed by atoms with E-state index >= 15 is 0 Å². The SMILES string of the molecule is NC(N)(c1cccc(Cl)c1Cl)c1cccc(Cl)c1Cl. The third-order valence-electron chi connectivity index (χ3n) is 2.79. The lowest BCUT2D eigenvalue weighted by molar-refractivity contribution is 0.568. The highest BCUT2D eigenvalue weighted by molar-refractivity contribution is 6.43. The van der Waals surface area contributed by atoms with E-state index < -0.39 is 5.66 Å². The maximum absolute atomic E-state index is 6.19. The van der Waals surface area contributed by atoms with Gasteiger partial charge in [0.15, 0.2) is 0 Å². The summed E-state index contributed by atoms with van der Waals surface area (Å²) in [5, 5.41) is 1.34. The Morgan fingerprint density at radius 3 is 1.42 bits per heavy atom. The zero-order valence-electron chi connectivity index (χ0n) is 9.63. The largest absolute Gasteiger partial charge is 0.306 e. The van der Waals surface area contributed by atoms with Gasteiger partial charge < -0.3 is 11.5 Å². The van der Waals surface area contributed by atoms with Crippen molar-refractivity contribution >= 4 is 46.4 Å². The van der Waals surface area contributed by atoms with Gasteiger partial charge in [-0.15, -0.1) is 0 Å². The van der Waals surface area contributed by atoms with Crippen molar-refractivity contribution in [1.82, 2.24) is 0 Å². The van der Waals surface area contributed by atoms with Crippen LogP contribution < -0.4 is 11.5 Å². The van der Waals surface area contributed by atoms with Gasteiger partial charge in [-0.3, -0.25) is 0 Å². The molecule has 2 aromatic carbocycles. The topological polar surface area (TPSA) is 52.0 Å². The number of rotatable bonds is 2. The zero-order chi connectivity index (χ0) is 14.2. The monoisotopic (exact) mass is 334 g/mol. The highest BCUT2D eigenvalue weighted by Gasteiger charge is 2.30. The van der Waals surface area contributed by atoms with Crippen molar-refractivity contribution in [3.8, 4) is 0 Å². The average molecular weight is 336 g/mol. The van der Waals surface area contributed by atoms with Gasteiger partial charge in [-0.25, -0.2) is 0 Å². The molecule has 0 saturated carbocycles. The standard InChI is InChI=1S/C13H10Cl4N2/c14-9-5-1-3-7(11(9)16)13(18,19)8-4-2-6-10(15)12(8)17/h1-6H,18-19H2. The molecule has 0 aromatic heterocycles. The lowest BCUT2D eigenvalue weighted by atomic mass is 9.93. The molecule has 0 amide bonds. The molecular weight excluding hydrogens is 326 g/mol. The fraction of sp³-hybridized carbons (Fsp3) is 0.0769. The molecule has 0 saturated heterocycles. The number of nitrogens with two attached hydrogens (primary N) is 2. The molecule has 0 aliphatic heterocycles. The van der Waals surface area contributed by atoms with Crippen LogP contribution in [0.4, 0.5) is 0 Å². The second kappa shape index (κ2) is 5.49. The molecule has 19 heavy (non-hydrogen) atoms. The van der Waals surface area contributed by atoms with Crippen molar-refractivity contribution in [3.05, 3.63) is 67.6 Å². The third-order valence-corrected chi connectivity index (χ3v) is 4.43. The summed E-state index contributed by atoms with van der Waals surface area (Å²) in [7, 11) is 0. The van der Waals surface area contributed by atoms with E-state index in [2.05, 4.69) is 0 Å². The minimum atomic E-state index is -1.38. The van der Waals surface area contributed by atoms with Gasteiger partial charge in [-0.1, -0.05) is 70.7 Å². The van der Waals surface area contributed by atoms with E-state index in [-0.39, 0.29) is 0 Å². The van der Waals surface area contributed by atoms with E-state index in [0.717, 1.165) is 0 Å². The van der Waals surface area contributed by atoms with Crippen LogP contribution in [0.25, 0.3) is 0 Å². The summed E-state index contributed by atoms with van der Waals surface area (Å²) in [5.74, 6) is 0. The molecule has 0 bridgehead atoms. The lowest BCUT2D eigenvalue weighted by Crippen LogP contribution is -2.47. The second-order valence-corrected chi connectivity index (χ2v) is 5.64.